The Hall–Kier alpha value is -0.0800. The van der Waals surface area contributed by atoms with Crippen LogP contribution in [0.5, 0.6) is 0 Å². The van der Waals surface area contributed by atoms with Crippen molar-refractivity contribution in [3.05, 3.63) is 0 Å². The Kier molecular flexibility index (Phi) is 4.39. The molecule has 1 heterocycles. The van der Waals surface area contributed by atoms with Crippen molar-refractivity contribution in [1.29, 1.82) is 0 Å². The highest BCUT2D eigenvalue weighted by Crippen LogP contribution is 2.30. The van der Waals surface area contributed by atoms with Crippen LogP contribution in [0.2, 0.25) is 0 Å². The predicted octanol–water partition coefficient (Wildman–Crippen LogP) is 1.98. The van der Waals surface area contributed by atoms with Crippen molar-refractivity contribution in [2.24, 2.45) is 17.8 Å². The van der Waals surface area contributed by atoms with Gasteiger partial charge in [-0.25, -0.2) is 0 Å². The van der Waals surface area contributed by atoms with Gasteiger partial charge in [-0.15, -0.1) is 0 Å². The maximum Gasteiger partial charge on any atom is 0.0474 e. The minimum absolute atomic E-state index is 0.353. The lowest BCUT2D eigenvalue weighted by Gasteiger charge is -2.41. The van der Waals surface area contributed by atoms with Gasteiger partial charge in [0.25, 0.3) is 0 Å². The average Bonchev–Trinajstić information content (AvgIpc) is 2.16. The van der Waals surface area contributed by atoms with Crippen LogP contribution in [0.3, 0.4) is 0 Å². The van der Waals surface area contributed by atoms with Crippen LogP contribution in [0.4, 0.5) is 0 Å². The van der Waals surface area contributed by atoms with E-state index in [1.54, 1.807) is 0 Å². The van der Waals surface area contributed by atoms with Gasteiger partial charge < -0.3 is 10.0 Å². The van der Waals surface area contributed by atoms with E-state index in [-0.39, 0.29) is 0 Å². The molecule has 0 saturated carbocycles. The SMILES string of the molecule is CC(C)C1CCN(C(C)C)C[C@@H]1CO. The molecule has 0 aliphatic carbocycles. The maximum atomic E-state index is 9.38. The summed E-state index contributed by atoms with van der Waals surface area (Å²) >= 11 is 0. The fraction of sp³-hybridized carbons (Fsp3) is 1.00. The van der Waals surface area contributed by atoms with Crippen LogP contribution >= 0.6 is 0 Å². The van der Waals surface area contributed by atoms with Crippen LogP contribution in [0.1, 0.15) is 34.1 Å². The van der Waals surface area contributed by atoms with Crippen molar-refractivity contribution >= 4 is 0 Å². The Morgan fingerprint density at radius 1 is 1.29 bits per heavy atom. The molecule has 0 bridgehead atoms. The molecule has 0 aromatic heterocycles. The molecule has 0 aromatic rings. The summed E-state index contributed by atoms with van der Waals surface area (Å²) in [6.07, 6.45) is 1.25. The molecule has 1 rings (SSSR count). The Labute approximate surface area is 88.3 Å². The summed E-state index contributed by atoms with van der Waals surface area (Å²) in [5, 5.41) is 9.38. The van der Waals surface area contributed by atoms with E-state index in [0.29, 0.717) is 24.5 Å². The monoisotopic (exact) mass is 199 g/mol. The molecule has 1 N–H and O–H groups in total. The molecule has 14 heavy (non-hydrogen) atoms. The third-order valence-corrected chi connectivity index (χ3v) is 3.65. The Balaban J connectivity index is 2.54. The Morgan fingerprint density at radius 2 is 1.93 bits per heavy atom. The standard InChI is InChI=1S/C12H25NO/c1-9(2)12-5-6-13(10(3)4)7-11(12)8-14/h9-12,14H,5-8H2,1-4H3/t11-,12?/m1/s1. The molecule has 2 heteroatoms. The molecular formula is C12H25NO. The van der Waals surface area contributed by atoms with E-state index in [1.165, 1.54) is 13.0 Å². The van der Waals surface area contributed by atoms with Crippen molar-refractivity contribution in [3.8, 4) is 0 Å². The first-order valence-electron chi connectivity index (χ1n) is 5.91. The number of aliphatic hydroxyl groups excluding tert-OH is 1. The van der Waals surface area contributed by atoms with Gasteiger partial charge in [0.05, 0.1) is 0 Å². The van der Waals surface area contributed by atoms with Crippen LogP contribution < -0.4 is 0 Å². The van der Waals surface area contributed by atoms with Crippen LogP contribution in [0.25, 0.3) is 0 Å². The fourth-order valence-electron chi connectivity index (χ4n) is 2.62. The number of hydrogen-bond acceptors (Lipinski definition) is 2. The highest BCUT2D eigenvalue weighted by atomic mass is 16.3. The lowest BCUT2D eigenvalue weighted by molar-refractivity contribution is 0.0366. The van der Waals surface area contributed by atoms with Crippen LogP contribution in [0, 0.1) is 17.8 Å². The number of aliphatic hydroxyl groups is 1. The predicted molar refractivity (Wildman–Crippen MR) is 60.2 cm³/mol. The van der Waals surface area contributed by atoms with Gasteiger partial charge >= 0.3 is 0 Å². The molecule has 84 valence electrons. The second kappa shape index (κ2) is 5.13. The van der Waals surface area contributed by atoms with Gasteiger partial charge in [0.1, 0.15) is 0 Å². The molecule has 1 fully saturated rings. The second-order valence-electron chi connectivity index (χ2n) is 5.23. The Bertz CT molecular complexity index is 168. The van der Waals surface area contributed by atoms with Gasteiger partial charge in [-0.2, -0.15) is 0 Å². The lowest BCUT2D eigenvalue weighted by Crippen LogP contribution is -2.46. The third kappa shape index (κ3) is 2.71. The summed E-state index contributed by atoms with van der Waals surface area (Å²) in [6.45, 7) is 11.7. The van der Waals surface area contributed by atoms with E-state index in [4.69, 9.17) is 0 Å². The summed E-state index contributed by atoms with van der Waals surface area (Å²) in [4.78, 5) is 2.49. The van der Waals surface area contributed by atoms with Crippen LogP contribution in [-0.2, 0) is 0 Å². The van der Waals surface area contributed by atoms with Crippen molar-refractivity contribution in [2.45, 2.75) is 40.2 Å². The normalized spacial score (nSPS) is 30.2. The first kappa shape index (κ1) is 12.0. The molecule has 1 saturated heterocycles. The molecular weight excluding hydrogens is 174 g/mol. The molecule has 1 aliphatic heterocycles. The van der Waals surface area contributed by atoms with Gasteiger partial charge in [0, 0.05) is 19.2 Å². The van der Waals surface area contributed by atoms with E-state index in [1.807, 2.05) is 0 Å². The first-order valence-corrected chi connectivity index (χ1v) is 5.91. The summed E-state index contributed by atoms with van der Waals surface area (Å²) in [5.41, 5.74) is 0. The van der Waals surface area contributed by atoms with Gasteiger partial charge in [0.15, 0.2) is 0 Å². The van der Waals surface area contributed by atoms with E-state index >= 15 is 0 Å². The molecule has 1 unspecified atom stereocenters. The van der Waals surface area contributed by atoms with E-state index < -0.39 is 0 Å². The lowest BCUT2D eigenvalue weighted by atomic mass is 9.78. The van der Waals surface area contributed by atoms with Gasteiger partial charge in [-0.05, 0) is 44.6 Å². The smallest absolute Gasteiger partial charge is 0.0474 e. The number of piperidine rings is 1. The van der Waals surface area contributed by atoms with Crippen molar-refractivity contribution in [2.75, 3.05) is 19.7 Å². The molecule has 0 amide bonds. The van der Waals surface area contributed by atoms with E-state index in [0.717, 1.165) is 12.5 Å². The zero-order valence-corrected chi connectivity index (χ0v) is 10.0. The number of hydrogen-bond donors (Lipinski definition) is 1. The number of likely N-dealkylation sites (tertiary alicyclic amines) is 1. The van der Waals surface area contributed by atoms with Crippen molar-refractivity contribution in [1.82, 2.24) is 4.90 Å². The highest BCUT2D eigenvalue weighted by molar-refractivity contribution is 4.83. The molecule has 0 spiro atoms. The summed E-state index contributed by atoms with van der Waals surface area (Å²) < 4.78 is 0. The van der Waals surface area contributed by atoms with Crippen LogP contribution in [0.15, 0.2) is 0 Å². The zero-order chi connectivity index (χ0) is 10.7. The third-order valence-electron chi connectivity index (χ3n) is 3.65. The number of rotatable bonds is 3. The first-order chi connectivity index (χ1) is 6.56. The highest BCUT2D eigenvalue weighted by Gasteiger charge is 2.31. The average molecular weight is 199 g/mol. The minimum Gasteiger partial charge on any atom is -0.396 e. The molecule has 1 aliphatic rings. The van der Waals surface area contributed by atoms with Crippen molar-refractivity contribution in [3.63, 3.8) is 0 Å². The maximum absolute atomic E-state index is 9.38. The fourth-order valence-corrected chi connectivity index (χ4v) is 2.62. The topological polar surface area (TPSA) is 23.5 Å². The van der Waals surface area contributed by atoms with Crippen molar-refractivity contribution < 1.29 is 5.11 Å². The minimum atomic E-state index is 0.353. The van der Waals surface area contributed by atoms with Crippen LogP contribution in [-0.4, -0.2) is 35.7 Å². The molecule has 0 radical (unpaired) electrons. The second-order valence-corrected chi connectivity index (χ2v) is 5.23. The van der Waals surface area contributed by atoms with Gasteiger partial charge in [0.2, 0.25) is 0 Å². The molecule has 2 nitrogen and oxygen atoms in total. The Morgan fingerprint density at radius 3 is 2.36 bits per heavy atom. The van der Waals surface area contributed by atoms with E-state index in [2.05, 4.69) is 32.6 Å². The van der Waals surface area contributed by atoms with E-state index in [9.17, 15) is 5.11 Å². The summed E-state index contributed by atoms with van der Waals surface area (Å²) in [6, 6.07) is 0.622. The van der Waals surface area contributed by atoms with Gasteiger partial charge in [-0.3, -0.25) is 0 Å². The quantitative estimate of drug-likeness (QED) is 0.751. The largest absolute Gasteiger partial charge is 0.396 e. The summed E-state index contributed by atoms with van der Waals surface area (Å²) in [7, 11) is 0. The number of nitrogens with zero attached hydrogens (tertiary/aromatic N) is 1. The molecule has 2 atom stereocenters. The zero-order valence-electron chi connectivity index (χ0n) is 10.0. The van der Waals surface area contributed by atoms with Gasteiger partial charge in [-0.1, -0.05) is 13.8 Å². The molecule has 0 aromatic carbocycles. The summed E-state index contributed by atoms with van der Waals surface area (Å²) in [5.74, 6) is 1.92.